The van der Waals surface area contributed by atoms with E-state index < -0.39 is 12.1 Å². The second-order valence-electron chi connectivity index (χ2n) is 4.69. The lowest BCUT2D eigenvalue weighted by molar-refractivity contribution is -0.148. The Morgan fingerprint density at radius 3 is 2.55 bits per heavy atom. The maximum atomic E-state index is 11.6. The molecular formula is C15H21NO4. The lowest BCUT2D eigenvalue weighted by atomic mass is 10.1. The number of carbonyl (C=O) groups is 2. The van der Waals surface area contributed by atoms with Crippen LogP contribution in [-0.2, 0) is 20.7 Å². The van der Waals surface area contributed by atoms with Gasteiger partial charge in [0.25, 0.3) is 0 Å². The number of benzene rings is 1. The largest absolute Gasteiger partial charge is 0.479 e. The second-order valence-corrected chi connectivity index (χ2v) is 4.69. The topological polar surface area (TPSA) is 75.6 Å². The summed E-state index contributed by atoms with van der Waals surface area (Å²) >= 11 is 0. The van der Waals surface area contributed by atoms with Gasteiger partial charge in [-0.15, -0.1) is 0 Å². The van der Waals surface area contributed by atoms with Crippen molar-refractivity contribution in [1.82, 2.24) is 5.32 Å². The molecule has 1 rings (SSSR count). The van der Waals surface area contributed by atoms with E-state index in [0.29, 0.717) is 19.4 Å². The molecule has 5 nitrogen and oxygen atoms in total. The van der Waals surface area contributed by atoms with Crippen LogP contribution in [0.1, 0.15) is 24.5 Å². The van der Waals surface area contributed by atoms with Crippen molar-refractivity contribution in [2.75, 3.05) is 13.2 Å². The Bertz CT molecular complexity index is 442. The fraction of sp³-hybridized carbons (Fsp3) is 0.467. The third kappa shape index (κ3) is 6.33. The summed E-state index contributed by atoms with van der Waals surface area (Å²) in [7, 11) is 0. The van der Waals surface area contributed by atoms with Gasteiger partial charge >= 0.3 is 5.97 Å². The molecule has 1 unspecified atom stereocenters. The van der Waals surface area contributed by atoms with Gasteiger partial charge in [0.05, 0.1) is 6.61 Å². The molecule has 1 atom stereocenters. The normalized spacial score (nSPS) is 11.9. The lowest BCUT2D eigenvalue weighted by Gasteiger charge is -2.09. The van der Waals surface area contributed by atoms with Gasteiger partial charge in [0.15, 0.2) is 6.10 Å². The number of carboxylic acid groups (broad SMARTS) is 1. The summed E-state index contributed by atoms with van der Waals surface area (Å²) in [5.41, 5.74) is 2.32. The highest BCUT2D eigenvalue weighted by Crippen LogP contribution is 2.05. The summed E-state index contributed by atoms with van der Waals surface area (Å²) in [5.74, 6) is -1.06. The molecule has 1 aromatic carbocycles. The second kappa shape index (κ2) is 8.32. The van der Waals surface area contributed by atoms with Gasteiger partial charge in [-0.3, -0.25) is 4.79 Å². The Hall–Kier alpha value is -1.88. The summed E-state index contributed by atoms with van der Waals surface area (Å²) in [6.45, 7) is 4.00. The smallest absolute Gasteiger partial charge is 0.332 e. The number of amides is 1. The van der Waals surface area contributed by atoms with Gasteiger partial charge in [0.1, 0.15) is 0 Å². The number of aryl methyl sites for hydroxylation is 2. The summed E-state index contributed by atoms with van der Waals surface area (Å²) in [4.78, 5) is 22.1. The first-order valence-corrected chi connectivity index (χ1v) is 6.65. The number of carbonyl (C=O) groups excluding carboxylic acids is 1. The van der Waals surface area contributed by atoms with Crippen molar-refractivity contribution in [3.63, 3.8) is 0 Å². The van der Waals surface area contributed by atoms with E-state index >= 15 is 0 Å². The van der Waals surface area contributed by atoms with Crippen LogP contribution in [0.5, 0.6) is 0 Å². The van der Waals surface area contributed by atoms with Crippen LogP contribution in [-0.4, -0.2) is 36.2 Å². The fourth-order valence-electron chi connectivity index (χ4n) is 1.60. The minimum absolute atomic E-state index is 0.0582. The summed E-state index contributed by atoms with van der Waals surface area (Å²) in [6.07, 6.45) is 0.259. The van der Waals surface area contributed by atoms with Crippen LogP contribution in [0, 0.1) is 6.92 Å². The van der Waals surface area contributed by atoms with Crippen molar-refractivity contribution in [3.05, 3.63) is 35.4 Å². The van der Waals surface area contributed by atoms with E-state index in [9.17, 15) is 9.59 Å². The van der Waals surface area contributed by atoms with Crippen LogP contribution in [0.4, 0.5) is 0 Å². The van der Waals surface area contributed by atoms with E-state index in [1.54, 1.807) is 0 Å². The van der Waals surface area contributed by atoms with Crippen LogP contribution in [0.15, 0.2) is 24.3 Å². The number of carboxylic acids is 1. The molecule has 0 saturated carbocycles. The van der Waals surface area contributed by atoms with Gasteiger partial charge < -0.3 is 15.2 Å². The average Bonchev–Trinajstić information content (AvgIpc) is 2.42. The number of hydrogen-bond donors (Lipinski definition) is 2. The first-order chi connectivity index (χ1) is 9.49. The van der Waals surface area contributed by atoms with Crippen molar-refractivity contribution in [2.45, 2.75) is 32.8 Å². The highest BCUT2D eigenvalue weighted by molar-refractivity contribution is 5.76. The van der Waals surface area contributed by atoms with Crippen LogP contribution >= 0.6 is 0 Å². The highest BCUT2D eigenvalue weighted by Gasteiger charge is 2.10. The molecule has 5 heteroatoms. The molecule has 110 valence electrons. The van der Waals surface area contributed by atoms with Gasteiger partial charge in [-0.25, -0.2) is 4.79 Å². The third-order valence-corrected chi connectivity index (χ3v) is 2.90. The molecule has 0 aliphatic carbocycles. The van der Waals surface area contributed by atoms with Crippen LogP contribution in [0.3, 0.4) is 0 Å². The molecule has 0 spiro atoms. The van der Waals surface area contributed by atoms with Crippen LogP contribution < -0.4 is 5.32 Å². The molecule has 0 fully saturated rings. The molecule has 1 aromatic rings. The molecular weight excluding hydrogens is 258 g/mol. The van der Waals surface area contributed by atoms with Crippen molar-refractivity contribution >= 4 is 11.9 Å². The summed E-state index contributed by atoms with van der Waals surface area (Å²) in [5, 5.41) is 11.3. The SMILES string of the molecule is Cc1ccc(CCC(=O)NCCOC(C)C(=O)O)cc1. The molecule has 0 aliphatic heterocycles. The Balaban J connectivity index is 2.14. The fourth-order valence-corrected chi connectivity index (χ4v) is 1.60. The van der Waals surface area contributed by atoms with Gasteiger partial charge in [-0.1, -0.05) is 29.8 Å². The maximum Gasteiger partial charge on any atom is 0.332 e. The van der Waals surface area contributed by atoms with Gasteiger partial charge in [0, 0.05) is 13.0 Å². The minimum Gasteiger partial charge on any atom is -0.479 e. The van der Waals surface area contributed by atoms with Crippen molar-refractivity contribution < 1.29 is 19.4 Å². The standard InChI is InChI=1S/C15H21NO4/c1-11-3-5-13(6-4-11)7-8-14(17)16-9-10-20-12(2)15(18)19/h3-6,12H,7-10H2,1-2H3,(H,16,17)(H,18,19). The van der Waals surface area contributed by atoms with Crippen LogP contribution in [0.2, 0.25) is 0 Å². The highest BCUT2D eigenvalue weighted by atomic mass is 16.5. The molecule has 0 aliphatic rings. The first-order valence-electron chi connectivity index (χ1n) is 6.65. The van der Waals surface area contributed by atoms with Gasteiger partial charge in [-0.2, -0.15) is 0 Å². The molecule has 0 bridgehead atoms. The number of hydrogen-bond acceptors (Lipinski definition) is 3. The van der Waals surface area contributed by atoms with E-state index in [1.165, 1.54) is 12.5 Å². The molecule has 2 N–H and O–H groups in total. The Morgan fingerprint density at radius 1 is 1.30 bits per heavy atom. The average molecular weight is 279 g/mol. The Labute approximate surface area is 118 Å². The first kappa shape index (κ1) is 16.2. The number of rotatable bonds is 8. The third-order valence-electron chi connectivity index (χ3n) is 2.90. The Morgan fingerprint density at radius 2 is 1.95 bits per heavy atom. The number of nitrogens with one attached hydrogen (secondary N) is 1. The van der Waals surface area contributed by atoms with Crippen molar-refractivity contribution in [1.29, 1.82) is 0 Å². The zero-order valence-corrected chi connectivity index (χ0v) is 11.9. The molecule has 0 aromatic heterocycles. The molecule has 0 heterocycles. The van der Waals surface area contributed by atoms with E-state index in [4.69, 9.17) is 9.84 Å². The maximum absolute atomic E-state index is 11.6. The van der Waals surface area contributed by atoms with Crippen molar-refractivity contribution in [2.24, 2.45) is 0 Å². The zero-order chi connectivity index (χ0) is 15.0. The van der Waals surface area contributed by atoms with Gasteiger partial charge in [-0.05, 0) is 25.8 Å². The zero-order valence-electron chi connectivity index (χ0n) is 11.9. The van der Waals surface area contributed by atoms with Crippen LogP contribution in [0.25, 0.3) is 0 Å². The molecule has 20 heavy (non-hydrogen) atoms. The molecule has 1 amide bonds. The Kier molecular flexibility index (Phi) is 6.73. The number of aliphatic carboxylic acids is 1. The quantitative estimate of drug-likeness (QED) is 0.708. The molecule has 0 radical (unpaired) electrons. The van der Waals surface area contributed by atoms with Gasteiger partial charge in [0.2, 0.25) is 5.91 Å². The predicted molar refractivity (Wildman–Crippen MR) is 75.6 cm³/mol. The van der Waals surface area contributed by atoms with E-state index in [-0.39, 0.29) is 12.5 Å². The summed E-state index contributed by atoms with van der Waals surface area (Å²) in [6, 6.07) is 8.07. The van der Waals surface area contributed by atoms with E-state index in [2.05, 4.69) is 5.32 Å². The predicted octanol–water partition coefficient (Wildman–Crippen LogP) is 1.53. The van der Waals surface area contributed by atoms with E-state index in [1.807, 2.05) is 31.2 Å². The molecule has 0 saturated heterocycles. The number of ether oxygens (including phenoxy) is 1. The van der Waals surface area contributed by atoms with E-state index in [0.717, 1.165) is 5.56 Å². The lowest BCUT2D eigenvalue weighted by Crippen LogP contribution is -2.30. The van der Waals surface area contributed by atoms with Crippen molar-refractivity contribution in [3.8, 4) is 0 Å². The monoisotopic (exact) mass is 279 g/mol. The minimum atomic E-state index is -1.00. The summed E-state index contributed by atoms with van der Waals surface area (Å²) < 4.78 is 5.02.